The van der Waals surface area contributed by atoms with E-state index in [1.165, 1.54) is 0 Å². The van der Waals surface area contributed by atoms with E-state index in [0.29, 0.717) is 5.69 Å². The number of benzene rings is 1. The van der Waals surface area contributed by atoms with Crippen LogP contribution in [0.1, 0.15) is 20.8 Å². The van der Waals surface area contributed by atoms with Crippen LogP contribution in [-0.4, -0.2) is 25.8 Å². The molecule has 0 aliphatic carbocycles. The molecule has 0 aromatic heterocycles. The van der Waals surface area contributed by atoms with Crippen molar-refractivity contribution in [2.24, 2.45) is 0 Å². The van der Waals surface area contributed by atoms with Crippen molar-refractivity contribution >= 4 is 23.2 Å². The van der Waals surface area contributed by atoms with Crippen LogP contribution in [0.3, 0.4) is 0 Å². The lowest BCUT2D eigenvalue weighted by Gasteiger charge is -2.20. The van der Waals surface area contributed by atoms with Gasteiger partial charge in [0, 0.05) is 19.8 Å². The number of amides is 1. The van der Waals surface area contributed by atoms with Gasteiger partial charge in [0.1, 0.15) is 5.60 Å². The first-order valence-corrected chi connectivity index (χ1v) is 5.85. The number of rotatable bonds is 3. The summed E-state index contributed by atoms with van der Waals surface area (Å²) >= 11 is 0. The third-order valence-electron chi connectivity index (χ3n) is 2.21. The maximum absolute atomic E-state index is 11.7. The zero-order valence-corrected chi connectivity index (χ0v) is 11.5. The highest BCUT2D eigenvalue weighted by molar-refractivity contribution is 5.90. The minimum absolute atomic E-state index is 0.466. The Labute approximate surface area is 108 Å². The number of ether oxygens (including phenoxy) is 1. The molecule has 0 unspecified atom stereocenters. The van der Waals surface area contributed by atoms with Crippen LogP contribution in [-0.2, 0) is 4.74 Å². The zero-order chi connectivity index (χ0) is 13.8. The summed E-state index contributed by atoms with van der Waals surface area (Å²) in [6, 6.07) is 5.65. The fourth-order valence-electron chi connectivity index (χ4n) is 1.43. The molecule has 0 bridgehead atoms. The predicted molar refractivity (Wildman–Crippen MR) is 75.4 cm³/mol. The molecule has 0 atom stereocenters. The molecule has 3 N–H and O–H groups in total. The second-order valence-corrected chi connectivity index (χ2v) is 4.89. The molecule has 0 saturated carbocycles. The normalized spacial score (nSPS) is 10.7. The topological polar surface area (TPSA) is 62.4 Å². The smallest absolute Gasteiger partial charge is 0.412 e. The number of nitrogens with one attached hydrogen (secondary N) is 3. The van der Waals surface area contributed by atoms with E-state index in [1.807, 2.05) is 46.0 Å². The Morgan fingerprint density at radius 3 is 2.28 bits per heavy atom. The van der Waals surface area contributed by atoms with Crippen LogP contribution >= 0.6 is 0 Å². The Bertz CT molecular complexity index is 425. The maximum atomic E-state index is 11.7. The van der Waals surface area contributed by atoms with Crippen molar-refractivity contribution in [2.75, 3.05) is 30.0 Å². The van der Waals surface area contributed by atoms with Gasteiger partial charge >= 0.3 is 6.09 Å². The minimum Gasteiger partial charge on any atom is -0.444 e. The molecule has 1 aromatic carbocycles. The van der Waals surface area contributed by atoms with Crippen molar-refractivity contribution in [1.29, 1.82) is 0 Å². The standard InChI is InChI=1S/C13H21N3O2/c1-13(2,3)18-12(17)16-11-8-9(14-4)6-7-10(11)15-5/h6-8,14-15H,1-5H3,(H,16,17). The summed E-state index contributed by atoms with van der Waals surface area (Å²) in [7, 11) is 3.63. The van der Waals surface area contributed by atoms with Crippen molar-refractivity contribution in [1.82, 2.24) is 0 Å². The van der Waals surface area contributed by atoms with Gasteiger partial charge in [-0.2, -0.15) is 0 Å². The van der Waals surface area contributed by atoms with Gasteiger partial charge < -0.3 is 15.4 Å². The van der Waals surface area contributed by atoms with Crippen LogP contribution in [0.25, 0.3) is 0 Å². The van der Waals surface area contributed by atoms with E-state index in [9.17, 15) is 4.79 Å². The Kier molecular flexibility index (Phi) is 4.42. The number of hydrogen-bond acceptors (Lipinski definition) is 4. The van der Waals surface area contributed by atoms with Crippen LogP contribution < -0.4 is 16.0 Å². The average molecular weight is 251 g/mol. The third kappa shape index (κ3) is 4.16. The summed E-state index contributed by atoms with van der Waals surface area (Å²) in [5.41, 5.74) is 1.92. The Morgan fingerprint density at radius 1 is 1.11 bits per heavy atom. The van der Waals surface area contributed by atoms with E-state index in [-0.39, 0.29) is 0 Å². The van der Waals surface area contributed by atoms with E-state index >= 15 is 0 Å². The number of anilines is 3. The van der Waals surface area contributed by atoms with Crippen LogP contribution in [0.2, 0.25) is 0 Å². The van der Waals surface area contributed by atoms with Gasteiger partial charge in [0.2, 0.25) is 0 Å². The monoisotopic (exact) mass is 251 g/mol. The highest BCUT2D eigenvalue weighted by Crippen LogP contribution is 2.25. The fraction of sp³-hybridized carbons (Fsp3) is 0.462. The first kappa shape index (κ1) is 14.2. The molecule has 1 aromatic rings. The fourth-order valence-corrected chi connectivity index (χ4v) is 1.43. The van der Waals surface area contributed by atoms with Gasteiger partial charge in [0.15, 0.2) is 0 Å². The zero-order valence-electron chi connectivity index (χ0n) is 11.5. The third-order valence-corrected chi connectivity index (χ3v) is 2.21. The summed E-state index contributed by atoms with van der Waals surface area (Å²) < 4.78 is 5.22. The van der Waals surface area contributed by atoms with Crippen molar-refractivity contribution < 1.29 is 9.53 Å². The Balaban J connectivity index is 2.85. The van der Waals surface area contributed by atoms with Crippen LogP contribution in [0.5, 0.6) is 0 Å². The lowest BCUT2D eigenvalue weighted by Crippen LogP contribution is -2.27. The Hall–Kier alpha value is -1.91. The lowest BCUT2D eigenvalue weighted by molar-refractivity contribution is 0.0636. The molecule has 5 nitrogen and oxygen atoms in total. The number of carbonyl (C=O) groups excluding carboxylic acids is 1. The van der Waals surface area contributed by atoms with Gasteiger partial charge in [-0.25, -0.2) is 4.79 Å². The molecule has 5 heteroatoms. The summed E-state index contributed by atoms with van der Waals surface area (Å²) in [5.74, 6) is 0. The Morgan fingerprint density at radius 2 is 1.78 bits per heavy atom. The molecule has 0 aliphatic heterocycles. The van der Waals surface area contributed by atoms with Gasteiger partial charge in [-0.1, -0.05) is 0 Å². The average Bonchev–Trinajstić information content (AvgIpc) is 2.26. The summed E-state index contributed by atoms with van der Waals surface area (Å²) in [6.07, 6.45) is -0.466. The molecule has 0 heterocycles. The van der Waals surface area contributed by atoms with Crippen molar-refractivity contribution in [3.05, 3.63) is 18.2 Å². The molecule has 100 valence electrons. The molecule has 0 aliphatic rings. The van der Waals surface area contributed by atoms with Crippen molar-refractivity contribution in [3.8, 4) is 0 Å². The van der Waals surface area contributed by atoms with Crippen LogP contribution in [0.15, 0.2) is 18.2 Å². The lowest BCUT2D eigenvalue weighted by atomic mass is 10.2. The highest BCUT2D eigenvalue weighted by Gasteiger charge is 2.17. The van der Waals surface area contributed by atoms with E-state index in [4.69, 9.17) is 4.74 Å². The van der Waals surface area contributed by atoms with E-state index < -0.39 is 11.7 Å². The molecule has 0 saturated heterocycles. The SMILES string of the molecule is CNc1ccc(NC)c(NC(=O)OC(C)(C)C)c1. The first-order chi connectivity index (χ1) is 8.35. The van der Waals surface area contributed by atoms with Crippen LogP contribution in [0, 0.1) is 0 Å². The van der Waals surface area contributed by atoms with Gasteiger partial charge in [0.25, 0.3) is 0 Å². The number of carbonyl (C=O) groups is 1. The molecule has 1 rings (SSSR count). The molecule has 0 spiro atoms. The largest absolute Gasteiger partial charge is 0.444 e. The van der Waals surface area contributed by atoms with Crippen molar-refractivity contribution in [2.45, 2.75) is 26.4 Å². The van der Waals surface area contributed by atoms with Crippen molar-refractivity contribution in [3.63, 3.8) is 0 Å². The second-order valence-electron chi connectivity index (χ2n) is 4.89. The molecular formula is C13H21N3O2. The molecule has 1 amide bonds. The van der Waals surface area contributed by atoms with E-state index in [2.05, 4.69) is 16.0 Å². The predicted octanol–water partition coefficient (Wildman–Crippen LogP) is 3.12. The van der Waals surface area contributed by atoms with Gasteiger partial charge in [-0.3, -0.25) is 5.32 Å². The quantitative estimate of drug-likeness (QED) is 0.772. The molecular weight excluding hydrogens is 230 g/mol. The molecule has 0 radical (unpaired) electrons. The maximum Gasteiger partial charge on any atom is 0.412 e. The van der Waals surface area contributed by atoms with Crippen LogP contribution in [0.4, 0.5) is 21.9 Å². The van der Waals surface area contributed by atoms with E-state index in [1.54, 1.807) is 7.05 Å². The summed E-state index contributed by atoms with van der Waals surface area (Å²) in [4.78, 5) is 11.7. The minimum atomic E-state index is -0.509. The summed E-state index contributed by atoms with van der Waals surface area (Å²) in [5, 5.41) is 8.77. The van der Waals surface area contributed by atoms with Gasteiger partial charge in [-0.15, -0.1) is 0 Å². The molecule has 18 heavy (non-hydrogen) atoms. The second kappa shape index (κ2) is 5.62. The first-order valence-electron chi connectivity index (χ1n) is 5.85. The van der Waals surface area contributed by atoms with Gasteiger partial charge in [0.05, 0.1) is 11.4 Å². The number of hydrogen-bond donors (Lipinski definition) is 3. The van der Waals surface area contributed by atoms with Gasteiger partial charge in [-0.05, 0) is 39.0 Å². The van der Waals surface area contributed by atoms with E-state index in [0.717, 1.165) is 11.4 Å². The highest BCUT2D eigenvalue weighted by atomic mass is 16.6. The molecule has 0 fully saturated rings. The summed E-state index contributed by atoms with van der Waals surface area (Å²) in [6.45, 7) is 5.49.